The molecule has 0 aromatic heterocycles. The molecule has 3 rings (SSSR count). The summed E-state index contributed by atoms with van der Waals surface area (Å²) in [6.07, 6.45) is -25.0. The maximum absolute atomic E-state index is 10.9. The predicted molar refractivity (Wildman–Crippen MR) is 119 cm³/mol. The zero-order valence-corrected chi connectivity index (χ0v) is 20.5. The lowest BCUT2D eigenvalue weighted by molar-refractivity contribution is -0.380. The van der Waals surface area contributed by atoms with E-state index >= 15 is 0 Å². The van der Waals surface area contributed by atoms with Gasteiger partial charge in [-0.25, -0.2) is 0 Å². The van der Waals surface area contributed by atoms with Crippen molar-refractivity contribution in [1.82, 2.24) is 0 Å². The molecule has 0 saturated carbocycles. The topological polar surface area (TPSA) is 306 Å². The summed E-state index contributed by atoms with van der Waals surface area (Å²) >= 11 is 0. The van der Waals surface area contributed by atoms with Gasteiger partial charge in [0.25, 0.3) is 0 Å². The summed E-state index contributed by atoms with van der Waals surface area (Å²) in [5.74, 6) is 0. The van der Waals surface area contributed by atoms with Crippen LogP contribution in [-0.2, 0) is 28.4 Å². The highest BCUT2D eigenvalue weighted by Gasteiger charge is 2.53. The molecule has 0 aromatic carbocycles. The van der Waals surface area contributed by atoms with E-state index in [1.807, 2.05) is 0 Å². The van der Waals surface area contributed by atoms with Crippen LogP contribution in [0.2, 0.25) is 0 Å². The van der Waals surface area contributed by atoms with Gasteiger partial charge in [0.05, 0.1) is 26.4 Å². The molecule has 3 fully saturated rings. The average molecular weight is 574 g/mol. The number of ether oxygens (including phenoxy) is 6. The Morgan fingerprint density at radius 3 is 1.69 bits per heavy atom. The third-order valence-electron chi connectivity index (χ3n) is 6.61. The van der Waals surface area contributed by atoms with Gasteiger partial charge in [0.1, 0.15) is 73.2 Å². The summed E-state index contributed by atoms with van der Waals surface area (Å²) in [4.78, 5) is 2.54. The van der Waals surface area contributed by atoms with Crippen LogP contribution in [0, 0.1) is 0 Å². The maximum atomic E-state index is 10.9. The SMILES string of the molecule is [N-]=[N+]=NCCO[C@@H]1O[C@H](CO)[C@@H](O[C@@H]2O[C@H](CO)[C@H](O)[C@H](O[C@H]3O[C@H](CO)[C@H](O)[C@H](O)[C@H]3O)[C@H]2O)[C@H](O)[C@H]1O. The highest BCUT2D eigenvalue weighted by molar-refractivity contribution is 4.96. The molecule has 0 bridgehead atoms. The van der Waals surface area contributed by atoms with E-state index in [1.165, 1.54) is 0 Å². The van der Waals surface area contributed by atoms with Gasteiger partial charge in [-0.3, -0.25) is 0 Å². The number of hydrogen-bond acceptors (Lipinski definition) is 17. The van der Waals surface area contributed by atoms with Crippen LogP contribution in [-0.4, -0.2) is 176 Å². The van der Waals surface area contributed by atoms with E-state index in [9.17, 15) is 51.1 Å². The first-order valence-corrected chi connectivity index (χ1v) is 12.1. The molecule has 19 nitrogen and oxygen atoms in total. The number of rotatable bonds is 11. The molecular formula is C20H35N3O16. The number of hydrogen-bond donors (Lipinski definition) is 10. The summed E-state index contributed by atoms with van der Waals surface area (Å²) in [6, 6.07) is 0. The van der Waals surface area contributed by atoms with Gasteiger partial charge in [0, 0.05) is 11.5 Å². The van der Waals surface area contributed by atoms with Crippen molar-refractivity contribution in [3.05, 3.63) is 10.4 Å². The van der Waals surface area contributed by atoms with E-state index in [4.69, 9.17) is 34.0 Å². The highest BCUT2D eigenvalue weighted by atomic mass is 16.8. The Morgan fingerprint density at radius 2 is 1.10 bits per heavy atom. The van der Waals surface area contributed by atoms with E-state index < -0.39 is 112 Å². The minimum atomic E-state index is -1.92. The lowest BCUT2D eigenvalue weighted by Crippen LogP contribution is -2.66. The quantitative estimate of drug-likeness (QED) is 0.0475. The van der Waals surface area contributed by atoms with Crippen molar-refractivity contribution in [2.45, 2.75) is 92.1 Å². The van der Waals surface area contributed by atoms with Crippen LogP contribution in [0.15, 0.2) is 5.11 Å². The first-order chi connectivity index (χ1) is 18.6. The van der Waals surface area contributed by atoms with Crippen molar-refractivity contribution in [3.8, 4) is 0 Å². The van der Waals surface area contributed by atoms with Crippen molar-refractivity contribution >= 4 is 0 Å². The van der Waals surface area contributed by atoms with Gasteiger partial charge in [0.2, 0.25) is 0 Å². The average Bonchev–Trinajstić information content (AvgIpc) is 2.93. The van der Waals surface area contributed by atoms with Crippen LogP contribution in [0.4, 0.5) is 0 Å². The van der Waals surface area contributed by atoms with E-state index in [0.29, 0.717) is 0 Å². The summed E-state index contributed by atoms with van der Waals surface area (Å²) in [6.45, 7) is -2.63. The van der Waals surface area contributed by atoms with Crippen LogP contribution < -0.4 is 0 Å². The Balaban J connectivity index is 1.73. The van der Waals surface area contributed by atoms with Crippen molar-refractivity contribution in [1.29, 1.82) is 0 Å². The molecule has 10 N–H and O–H groups in total. The lowest BCUT2D eigenvalue weighted by atomic mass is 9.96. The molecule has 226 valence electrons. The van der Waals surface area contributed by atoms with Gasteiger partial charge >= 0.3 is 0 Å². The third kappa shape index (κ3) is 7.12. The molecule has 0 aromatic rings. The van der Waals surface area contributed by atoms with Gasteiger partial charge in [-0.2, -0.15) is 0 Å². The zero-order chi connectivity index (χ0) is 28.9. The fourth-order valence-electron chi connectivity index (χ4n) is 4.43. The Kier molecular flexibility index (Phi) is 12.0. The summed E-state index contributed by atoms with van der Waals surface area (Å²) < 4.78 is 32.4. The summed E-state index contributed by atoms with van der Waals surface area (Å²) in [7, 11) is 0. The van der Waals surface area contributed by atoms with Crippen LogP contribution in [0.5, 0.6) is 0 Å². The molecule has 0 aliphatic carbocycles. The van der Waals surface area contributed by atoms with Gasteiger partial charge < -0.3 is 79.5 Å². The molecule has 15 atom stereocenters. The fraction of sp³-hybridized carbons (Fsp3) is 1.00. The van der Waals surface area contributed by atoms with Crippen molar-refractivity contribution < 1.29 is 79.5 Å². The second-order valence-corrected chi connectivity index (χ2v) is 9.14. The molecule has 3 aliphatic rings. The maximum Gasteiger partial charge on any atom is 0.187 e. The van der Waals surface area contributed by atoms with Crippen LogP contribution >= 0.6 is 0 Å². The van der Waals surface area contributed by atoms with Crippen molar-refractivity contribution in [2.75, 3.05) is 33.0 Å². The molecule has 0 radical (unpaired) electrons. The monoisotopic (exact) mass is 573 g/mol. The molecule has 3 aliphatic heterocycles. The summed E-state index contributed by atoms with van der Waals surface area (Å²) in [5.41, 5.74) is 8.32. The molecule has 3 heterocycles. The second kappa shape index (κ2) is 14.5. The molecule has 0 unspecified atom stereocenters. The van der Waals surface area contributed by atoms with Gasteiger partial charge in [0.15, 0.2) is 18.9 Å². The van der Waals surface area contributed by atoms with E-state index in [1.54, 1.807) is 0 Å². The van der Waals surface area contributed by atoms with Crippen molar-refractivity contribution in [2.24, 2.45) is 5.11 Å². The molecule has 0 amide bonds. The highest BCUT2D eigenvalue weighted by Crippen LogP contribution is 2.32. The lowest BCUT2D eigenvalue weighted by Gasteiger charge is -2.48. The Bertz CT molecular complexity index is 805. The number of azide groups is 1. The molecule has 3 saturated heterocycles. The normalized spacial score (nSPS) is 47.0. The smallest absolute Gasteiger partial charge is 0.187 e. The first kappa shape index (κ1) is 32.2. The zero-order valence-electron chi connectivity index (χ0n) is 20.5. The molecular weight excluding hydrogens is 538 g/mol. The minimum Gasteiger partial charge on any atom is -0.394 e. The molecule has 0 spiro atoms. The predicted octanol–water partition coefficient (Wildman–Crippen LogP) is -6.24. The van der Waals surface area contributed by atoms with Crippen LogP contribution in [0.1, 0.15) is 0 Å². The Morgan fingerprint density at radius 1 is 0.590 bits per heavy atom. The summed E-state index contributed by atoms with van der Waals surface area (Å²) in [5, 5.41) is 105. The fourth-order valence-corrected chi connectivity index (χ4v) is 4.43. The van der Waals surface area contributed by atoms with Crippen LogP contribution in [0.3, 0.4) is 0 Å². The number of aliphatic hydroxyl groups is 10. The second-order valence-electron chi connectivity index (χ2n) is 9.14. The van der Waals surface area contributed by atoms with Gasteiger partial charge in [-0.1, -0.05) is 5.11 Å². The standard InChI is InChI=1S/C20H35N3O16/c21-23-22-1-2-34-18-14(32)12(30)16(8(5-26)37-18)38-20-15(33)17(10(28)7(4-25)36-20)39-19-13(31)11(29)9(27)6(3-24)35-19/h6-20,24-33H,1-5H2/t6-,7-,8-,9+,10+,11+,12-,13-,14-,15-,16-,17+,18-,19-,20+/m1/s1. The Hall–Kier alpha value is -1.33. The van der Waals surface area contributed by atoms with E-state index in [-0.39, 0.29) is 13.2 Å². The molecule has 19 heteroatoms. The van der Waals surface area contributed by atoms with Crippen LogP contribution in [0.25, 0.3) is 10.4 Å². The molecule has 39 heavy (non-hydrogen) atoms. The van der Waals surface area contributed by atoms with E-state index in [0.717, 1.165) is 0 Å². The van der Waals surface area contributed by atoms with Crippen molar-refractivity contribution in [3.63, 3.8) is 0 Å². The minimum absolute atomic E-state index is 0.105. The first-order valence-electron chi connectivity index (χ1n) is 12.1. The van der Waals surface area contributed by atoms with Gasteiger partial charge in [-0.15, -0.1) is 0 Å². The van der Waals surface area contributed by atoms with Gasteiger partial charge in [-0.05, 0) is 5.53 Å². The number of nitrogens with zero attached hydrogens (tertiary/aromatic N) is 3. The Labute approximate surface area is 220 Å². The van der Waals surface area contributed by atoms with E-state index in [2.05, 4.69) is 10.0 Å². The largest absolute Gasteiger partial charge is 0.394 e. The number of aliphatic hydroxyl groups excluding tert-OH is 10. The third-order valence-corrected chi connectivity index (χ3v) is 6.61.